The first-order valence-corrected chi connectivity index (χ1v) is 9.96. The van der Waals surface area contributed by atoms with Crippen molar-refractivity contribution in [1.82, 2.24) is 9.88 Å². The van der Waals surface area contributed by atoms with Gasteiger partial charge in [0, 0.05) is 13.1 Å². The van der Waals surface area contributed by atoms with Crippen molar-refractivity contribution in [3.8, 4) is 0 Å². The maximum atomic E-state index is 12.9. The Kier molecular flexibility index (Phi) is 6.49. The Morgan fingerprint density at radius 2 is 2.07 bits per heavy atom. The van der Waals surface area contributed by atoms with Gasteiger partial charge >= 0.3 is 5.97 Å². The summed E-state index contributed by atoms with van der Waals surface area (Å²) >= 11 is 0. The molecule has 1 amide bonds. The Labute approximate surface area is 165 Å². The lowest BCUT2D eigenvalue weighted by Crippen LogP contribution is -2.50. The van der Waals surface area contributed by atoms with E-state index in [0.29, 0.717) is 31.8 Å². The number of hydrogen-bond donors (Lipinski definition) is 0. The standard InChI is InChI=1S/C22H28N2O4/c1-3-27-21(26)22(12-7-11-18-9-5-4-6-10-18)13-8-14-24(15-22)20(25)19-17(2)23-16-28-19/h4-6,9-10,16H,3,7-8,11-15H2,1-2H3. The topological polar surface area (TPSA) is 72.6 Å². The minimum atomic E-state index is -0.660. The summed E-state index contributed by atoms with van der Waals surface area (Å²) in [5.41, 5.74) is 1.16. The second kappa shape index (κ2) is 9.04. The number of carbonyl (C=O) groups is 2. The van der Waals surface area contributed by atoms with Crippen LogP contribution < -0.4 is 0 Å². The van der Waals surface area contributed by atoms with Gasteiger partial charge in [-0.05, 0) is 51.5 Å². The van der Waals surface area contributed by atoms with Crippen LogP contribution in [0.1, 0.15) is 54.4 Å². The van der Waals surface area contributed by atoms with Gasteiger partial charge in [0.15, 0.2) is 6.39 Å². The van der Waals surface area contributed by atoms with E-state index in [4.69, 9.17) is 9.15 Å². The molecule has 3 rings (SSSR count). The van der Waals surface area contributed by atoms with Crippen molar-refractivity contribution in [3.05, 3.63) is 53.7 Å². The Hall–Kier alpha value is -2.63. The number of aryl methyl sites for hydroxylation is 2. The zero-order chi connectivity index (χ0) is 20.0. The number of carbonyl (C=O) groups excluding carboxylic acids is 2. The Bertz CT molecular complexity index is 802. The number of ether oxygens (including phenoxy) is 1. The molecule has 0 spiro atoms. The summed E-state index contributed by atoms with van der Waals surface area (Å²) in [7, 11) is 0. The molecule has 1 saturated heterocycles. The van der Waals surface area contributed by atoms with Crippen LogP contribution in [0.25, 0.3) is 0 Å². The molecule has 6 nitrogen and oxygen atoms in total. The number of esters is 1. The largest absolute Gasteiger partial charge is 0.466 e. The van der Waals surface area contributed by atoms with Crippen molar-refractivity contribution >= 4 is 11.9 Å². The Morgan fingerprint density at radius 1 is 1.29 bits per heavy atom. The molecule has 2 heterocycles. The number of benzene rings is 1. The lowest BCUT2D eigenvalue weighted by molar-refractivity contribution is -0.159. The van der Waals surface area contributed by atoms with E-state index in [9.17, 15) is 9.59 Å². The minimum absolute atomic E-state index is 0.199. The predicted octanol–water partition coefficient (Wildman–Crippen LogP) is 3.79. The van der Waals surface area contributed by atoms with Gasteiger partial charge in [-0.25, -0.2) is 4.98 Å². The highest BCUT2D eigenvalue weighted by Crippen LogP contribution is 2.37. The molecule has 0 radical (unpaired) electrons. The molecule has 0 N–H and O–H groups in total. The first-order valence-electron chi connectivity index (χ1n) is 9.96. The smallest absolute Gasteiger partial charge is 0.313 e. The second-order valence-corrected chi connectivity index (χ2v) is 7.44. The molecule has 2 aromatic rings. The number of amides is 1. The highest BCUT2D eigenvalue weighted by atomic mass is 16.5. The molecule has 0 bridgehead atoms. The average Bonchev–Trinajstić information content (AvgIpc) is 3.14. The average molecular weight is 384 g/mol. The molecule has 1 aromatic heterocycles. The van der Waals surface area contributed by atoms with Gasteiger partial charge in [0.25, 0.3) is 5.91 Å². The zero-order valence-corrected chi connectivity index (χ0v) is 16.6. The molecule has 28 heavy (non-hydrogen) atoms. The number of likely N-dealkylation sites (tertiary alicyclic amines) is 1. The van der Waals surface area contributed by atoms with Gasteiger partial charge in [0.1, 0.15) is 0 Å². The fourth-order valence-corrected chi connectivity index (χ4v) is 3.99. The number of rotatable bonds is 7. The molecule has 0 aliphatic carbocycles. The predicted molar refractivity (Wildman–Crippen MR) is 105 cm³/mol. The van der Waals surface area contributed by atoms with Crippen molar-refractivity contribution < 1.29 is 18.7 Å². The molecular weight excluding hydrogens is 356 g/mol. The van der Waals surface area contributed by atoms with E-state index in [-0.39, 0.29) is 17.6 Å². The molecule has 150 valence electrons. The summed E-state index contributed by atoms with van der Waals surface area (Å²) in [6, 6.07) is 10.2. The minimum Gasteiger partial charge on any atom is -0.466 e. The van der Waals surface area contributed by atoms with Crippen LogP contribution in [0.15, 0.2) is 41.1 Å². The SMILES string of the molecule is CCOC(=O)C1(CCCc2ccccc2)CCCN(C(=O)c2ocnc2C)C1. The monoisotopic (exact) mass is 384 g/mol. The quantitative estimate of drug-likeness (QED) is 0.679. The van der Waals surface area contributed by atoms with Gasteiger partial charge in [-0.2, -0.15) is 0 Å². The zero-order valence-electron chi connectivity index (χ0n) is 16.6. The van der Waals surface area contributed by atoms with E-state index in [1.807, 2.05) is 25.1 Å². The fraction of sp³-hybridized carbons (Fsp3) is 0.500. The van der Waals surface area contributed by atoms with Crippen LogP contribution in [0.3, 0.4) is 0 Å². The summed E-state index contributed by atoms with van der Waals surface area (Å²) in [6.45, 7) is 4.88. The molecule has 6 heteroatoms. The molecule has 0 saturated carbocycles. The molecule has 1 aliphatic heterocycles. The molecule has 1 unspecified atom stereocenters. The summed E-state index contributed by atoms with van der Waals surface area (Å²) in [6.07, 6.45) is 5.25. The normalized spacial score (nSPS) is 19.4. The van der Waals surface area contributed by atoms with Crippen LogP contribution in [0, 0.1) is 12.3 Å². The Balaban J connectivity index is 1.73. The molecule has 1 atom stereocenters. The first kappa shape index (κ1) is 20.1. The van der Waals surface area contributed by atoms with E-state index in [2.05, 4.69) is 17.1 Å². The molecular formula is C22H28N2O4. The van der Waals surface area contributed by atoms with Gasteiger partial charge in [-0.3, -0.25) is 9.59 Å². The van der Waals surface area contributed by atoms with Crippen molar-refractivity contribution in [2.75, 3.05) is 19.7 Å². The lowest BCUT2D eigenvalue weighted by atomic mass is 9.75. The van der Waals surface area contributed by atoms with Gasteiger partial charge < -0.3 is 14.1 Å². The van der Waals surface area contributed by atoms with Crippen molar-refractivity contribution in [2.45, 2.75) is 46.0 Å². The maximum Gasteiger partial charge on any atom is 0.313 e. The number of oxazole rings is 1. The van der Waals surface area contributed by atoms with Crippen molar-refractivity contribution in [3.63, 3.8) is 0 Å². The van der Waals surface area contributed by atoms with E-state index in [1.165, 1.54) is 12.0 Å². The number of hydrogen-bond acceptors (Lipinski definition) is 5. The number of aromatic nitrogens is 1. The number of nitrogens with zero attached hydrogens (tertiary/aromatic N) is 2. The third-order valence-electron chi connectivity index (χ3n) is 5.48. The van der Waals surface area contributed by atoms with Crippen LogP contribution in [0.5, 0.6) is 0 Å². The van der Waals surface area contributed by atoms with Crippen molar-refractivity contribution in [1.29, 1.82) is 0 Å². The van der Waals surface area contributed by atoms with Gasteiger partial charge in [0.2, 0.25) is 5.76 Å². The van der Waals surface area contributed by atoms with Crippen LogP contribution >= 0.6 is 0 Å². The van der Waals surface area contributed by atoms with E-state index < -0.39 is 5.41 Å². The molecule has 1 aromatic carbocycles. The van der Waals surface area contributed by atoms with E-state index in [1.54, 1.807) is 11.8 Å². The maximum absolute atomic E-state index is 12.9. The highest BCUT2D eigenvalue weighted by Gasteiger charge is 2.44. The summed E-state index contributed by atoms with van der Waals surface area (Å²) in [5.74, 6) is -0.148. The summed E-state index contributed by atoms with van der Waals surface area (Å²) in [5, 5.41) is 0. The Morgan fingerprint density at radius 3 is 2.75 bits per heavy atom. The van der Waals surface area contributed by atoms with Gasteiger partial charge in [0.05, 0.1) is 17.7 Å². The van der Waals surface area contributed by atoms with Crippen LogP contribution in [0.4, 0.5) is 0 Å². The van der Waals surface area contributed by atoms with Crippen LogP contribution in [0.2, 0.25) is 0 Å². The van der Waals surface area contributed by atoms with E-state index in [0.717, 1.165) is 25.7 Å². The molecule has 1 fully saturated rings. The lowest BCUT2D eigenvalue weighted by Gasteiger charge is -2.40. The van der Waals surface area contributed by atoms with Gasteiger partial charge in [-0.15, -0.1) is 0 Å². The van der Waals surface area contributed by atoms with Crippen LogP contribution in [-0.2, 0) is 16.0 Å². The van der Waals surface area contributed by atoms with Crippen LogP contribution in [-0.4, -0.2) is 41.5 Å². The van der Waals surface area contributed by atoms with E-state index >= 15 is 0 Å². The van der Waals surface area contributed by atoms with Crippen molar-refractivity contribution in [2.24, 2.45) is 5.41 Å². The third-order valence-corrected chi connectivity index (χ3v) is 5.48. The summed E-state index contributed by atoms with van der Waals surface area (Å²) in [4.78, 5) is 31.5. The third kappa shape index (κ3) is 4.43. The number of piperidine rings is 1. The highest BCUT2D eigenvalue weighted by molar-refractivity contribution is 5.93. The second-order valence-electron chi connectivity index (χ2n) is 7.44. The van der Waals surface area contributed by atoms with Gasteiger partial charge in [-0.1, -0.05) is 30.3 Å². The molecule has 1 aliphatic rings. The first-order chi connectivity index (χ1) is 13.6. The summed E-state index contributed by atoms with van der Waals surface area (Å²) < 4.78 is 10.7. The fourth-order valence-electron chi connectivity index (χ4n) is 3.99.